The second-order valence-corrected chi connectivity index (χ2v) is 3.49. The lowest BCUT2D eigenvalue weighted by Crippen LogP contribution is -2.21. The van der Waals surface area contributed by atoms with Gasteiger partial charge in [0.15, 0.2) is 0 Å². The van der Waals surface area contributed by atoms with Crippen molar-refractivity contribution in [3.63, 3.8) is 0 Å². The van der Waals surface area contributed by atoms with Gasteiger partial charge in [0.1, 0.15) is 5.76 Å². The summed E-state index contributed by atoms with van der Waals surface area (Å²) in [6.07, 6.45) is 2.68. The molecular weight excluding hydrogens is 174 g/mol. The third-order valence-corrected chi connectivity index (χ3v) is 2.31. The zero-order valence-electron chi connectivity index (χ0n) is 9.26. The van der Waals surface area contributed by atoms with Crippen LogP contribution in [0.25, 0.3) is 0 Å². The largest absolute Gasteiger partial charge is 0.469 e. The molecule has 0 fully saturated rings. The summed E-state index contributed by atoms with van der Waals surface area (Å²) in [5.74, 6) is 1.05. The van der Waals surface area contributed by atoms with E-state index >= 15 is 0 Å². The number of hydrogen-bond donors (Lipinski definition) is 1. The van der Waals surface area contributed by atoms with Gasteiger partial charge in [-0.15, -0.1) is 0 Å². The molecule has 1 aromatic heterocycles. The van der Waals surface area contributed by atoms with Crippen molar-refractivity contribution < 1.29 is 4.42 Å². The minimum absolute atomic E-state index is 0.230. The van der Waals surface area contributed by atoms with Gasteiger partial charge in [-0.05, 0) is 19.5 Å². The van der Waals surface area contributed by atoms with Crippen molar-refractivity contribution in [2.45, 2.75) is 33.2 Å². The van der Waals surface area contributed by atoms with Gasteiger partial charge in [-0.2, -0.15) is 0 Å². The van der Waals surface area contributed by atoms with E-state index in [0.29, 0.717) is 0 Å². The lowest BCUT2D eigenvalue weighted by molar-refractivity contribution is 0.501. The molecule has 1 unspecified atom stereocenters. The van der Waals surface area contributed by atoms with Crippen LogP contribution >= 0.6 is 0 Å². The van der Waals surface area contributed by atoms with Crippen molar-refractivity contribution in [1.82, 2.24) is 5.32 Å². The van der Waals surface area contributed by atoms with Crippen LogP contribution in [0.15, 0.2) is 28.9 Å². The van der Waals surface area contributed by atoms with E-state index in [2.05, 4.69) is 25.7 Å². The van der Waals surface area contributed by atoms with Gasteiger partial charge in [0.05, 0.1) is 12.3 Å². The van der Waals surface area contributed by atoms with E-state index in [1.807, 2.05) is 13.0 Å². The molecule has 1 heterocycles. The zero-order valence-corrected chi connectivity index (χ0v) is 9.26. The first-order valence-electron chi connectivity index (χ1n) is 5.15. The standard InChI is InChI=1S/C12H19NO/c1-5-11-10(7-8-14-11)12(9(3)4)13-6-2/h7-8,12-13H,3,5-6H2,1-2,4H3. The van der Waals surface area contributed by atoms with Crippen molar-refractivity contribution in [3.8, 4) is 0 Å². The first kappa shape index (κ1) is 11.1. The van der Waals surface area contributed by atoms with Crippen molar-refractivity contribution in [2.75, 3.05) is 6.54 Å². The molecule has 0 saturated carbocycles. The molecule has 0 aliphatic carbocycles. The summed E-state index contributed by atoms with van der Waals surface area (Å²) in [6.45, 7) is 11.2. The van der Waals surface area contributed by atoms with Crippen LogP contribution in [0.1, 0.15) is 38.1 Å². The lowest BCUT2D eigenvalue weighted by Gasteiger charge is -2.17. The van der Waals surface area contributed by atoms with E-state index in [1.54, 1.807) is 6.26 Å². The van der Waals surface area contributed by atoms with Crippen LogP contribution in [0.2, 0.25) is 0 Å². The summed E-state index contributed by atoms with van der Waals surface area (Å²) in [4.78, 5) is 0. The van der Waals surface area contributed by atoms with Gasteiger partial charge in [-0.1, -0.05) is 26.0 Å². The second kappa shape index (κ2) is 5.01. The van der Waals surface area contributed by atoms with Gasteiger partial charge in [0, 0.05) is 12.0 Å². The molecule has 1 atom stereocenters. The molecule has 2 nitrogen and oxygen atoms in total. The Bertz CT molecular complexity index is 301. The molecule has 0 spiro atoms. The van der Waals surface area contributed by atoms with E-state index in [-0.39, 0.29) is 6.04 Å². The van der Waals surface area contributed by atoms with Gasteiger partial charge in [-0.25, -0.2) is 0 Å². The maximum Gasteiger partial charge on any atom is 0.108 e. The maximum atomic E-state index is 5.41. The number of furan rings is 1. The first-order valence-corrected chi connectivity index (χ1v) is 5.15. The average molecular weight is 193 g/mol. The highest BCUT2D eigenvalue weighted by atomic mass is 16.3. The number of aryl methyl sites for hydroxylation is 1. The third kappa shape index (κ3) is 2.26. The summed E-state index contributed by atoms with van der Waals surface area (Å²) in [5, 5.41) is 3.40. The van der Waals surface area contributed by atoms with E-state index in [9.17, 15) is 0 Å². The summed E-state index contributed by atoms with van der Waals surface area (Å²) in [5.41, 5.74) is 2.35. The van der Waals surface area contributed by atoms with Gasteiger partial charge < -0.3 is 9.73 Å². The predicted molar refractivity (Wildman–Crippen MR) is 59.3 cm³/mol. The minimum atomic E-state index is 0.230. The topological polar surface area (TPSA) is 25.2 Å². The predicted octanol–water partition coefficient (Wildman–Crippen LogP) is 3.07. The second-order valence-electron chi connectivity index (χ2n) is 3.49. The summed E-state index contributed by atoms with van der Waals surface area (Å²) >= 11 is 0. The number of nitrogens with one attached hydrogen (secondary N) is 1. The SMILES string of the molecule is C=C(C)C(NCC)c1ccoc1CC. The molecule has 0 saturated heterocycles. The Morgan fingerprint density at radius 2 is 2.29 bits per heavy atom. The zero-order chi connectivity index (χ0) is 10.6. The fourth-order valence-electron chi connectivity index (χ4n) is 1.65. The van der Waals surface area contributed by atoms with Crippen LogP contribution in [-0.4, -0.2) is 6.54 Å². The third-order valence-electron chi connectivity index (χ3n) is 2.31. The monoisotopic (exact) mass is 193 g/mol. The molecule has 0 aliphatic rings. The number of rotatable bonds is 5. The molecule has 0 radical (unpaired) electrons. The van der Waals surface area contributed by atoms with Crippen LogP contribution in [0.4, 0.5) is 0 Å². The Hall–Kier alpha value is -1.02. The van der Waals surface area contributed by atoms with Crippen molar-refractivity contribution >= 4 is 0 Å². The molecular formula is C12H19NO. The lowest BCUT2D eigenvalue weighted by atomic mass is 10.0. The molecule has 1 aromatic rings. The maximum absolute atomic E-state index is 5.41. The van der Waals surface area contributed by atoms with Gasteiger partial charge in [0.2, 0.25) is 0 Å². The smallest absolute Gasteiger partial charge is 0.108 e. The van der Waals surface area contributed by atoms with Crippen molar-refractivity contribution in [1.29, 1.82) is 0 Å². The fraction of sp³-hybridized carbons (Fsp3) is 0.500. The van der Waals surface area contributed by atoms with Crippen LogP contribution < -0.4 is 5.32 Å². The van der Waals surface area contributed by atoms with Crippen molar-refractivity contribution in [2.24, 2.45) is 0 Å². The fourth-order valence-corrected chi connectivity index (χ4v) is 1.65. The quantitative estimate of drug-likeness (QED) is 0.727. The Kier molecular flexibility index (Phi) is 3.96. The van der Waals surface area contributed by atoms with E-state index in [1.165, 1.54) is 5.56 Å². The van der Waals surface area contributed by atoms with Gasteiger partial charge in [0.25, 0.3) is 0 Å². The highest BCUT2D eigenvalue weighted by molar-refractivity contribution is 5.28. The van der Waals surface area contributed by atoms with Gasteiger partial charge >= 0.3 is 0 Å². The Balaban J connectivity index is 2.92. The summed E-state index contributed by atoms with van der Waals surface area (Å²) in [7, 11) is 0. The first-order chi connectivity index (χ1) is 6.70. The molecule has 0 amide bonds. The van der Waals surface area contributed by atoms with Crippen molar-refractivity contribution in [3.05, 3.63) is 35.8 Å². The molecule has 1 rings (SSSR count). The van der Waals surface area contributed by atoms with Crippen LogP contribution in [0, 0.1) is 0 Å². The molecule has 78 valence electrons. The normalized spacial score (nSPS) is 12.8. The minimum Gasteiger partial charge on any atom is -0.469 e. The molecule has 0 aromatic carbocycles. The molecule has 2 heteroatoms. The van der Waals surface area contributed by atoms with E-state index < -0.39 is 0 Å². The Morgan fingerprint density at radius 3 is 2.79 bits per heavy atom. The molecule has 0 bridgehead atoms. The molecule has 1 N–H and O–H groups in total. The highest BCUT2D eigenvalue weighted by Crippen LogP contribution is 2.24. The molecule has 0 aliphatic heterocycles. The summed E-state index contributed by atoms with van der Waals surface area (Å²) < 4.78 is 5.41. The number of hydrogen-bond acceptors (Lipinski definition) is 2. The number of likely N-dealkylation sites (N-methyl/N-ethyl adjacent to an activating group) is 1. The highest BCUT2D eigenvalue weighted by Gasteiger charge is 2.16. The van der Waals surface area contributed by atoms with E-state index in [4.69, 9.17) is 4.42 Å². The Morgan fingerprint density at radius 1 is 1.57 bits per heavy atom. The van der Waals surface area contributed by atoms with Crippen LogP contribution in [0.5, 0.6) is 0 Å². The average Bonchev–Trinajstić information content (AvgIpc) is 2.61. The van der Waals surface area contributed by atoms with Crippen LogP contribution in [-0.2, 0) is 6.42 Å². The van der Waals surface area contributed by atoms with E-state index in [0.717, 1.165) is 24.3 Å². The van der Waals surface area contributed by atoms with Crippen LogP contribution in [0.3, 0.4) is 0 Å². The molecule has 14 heavy (non-hydrogen) atoms. The van der Waals surface area contributed by atoms with Gasteiger partial charge in [-0.3, -0.25) is 0 Å². The summed E-state index contributed by atoms with van der Waals surface area (Å²) in [6, 6.07) is 2.26. The Labute approximate surface area is 86.0 Å².